The summed E-state index contributed by atoms with van der Waals surface area (Å²) >= 11 is 0. The van der Waals surface area contributed by atoms with Crippen molar-refractivity contribution in [2.45, 2.75) is 103 Å². The lowest BCUT2D eigenvalue weighted by Crippen LogP contribution is -2.42. The van der Waals surface area contributed by atoms with Crippen LogP contribution in [0.15, 0.2) is 0 Å². The number of hydrogen-bond donors (Lipinski definition) is 2. The van der Waals surface area contributed by atoms with Crippen molar-refractivity contribution >= 4 is 55.3 Å². The monoisotopic (exact) mass is 712 g/mol. The van der Waals surface area contributed by atoms with Crippen LogP contribution in [0, 0.1) is 0 Å². The first-order valence-corrected chi connectivity index (χ1v) is 20.0. The summed E-state index contributed by atoms with van der Waals surface area (Å²) in [5, 5.41) is 12.2. The normalized spacial score (nSPS) is 12.0. The van der Waals surface area contributed by atoms with Crippen molar-refractivity contribution < 1.29 is 48.0 Å². The fraction of sp³-hybridized carbons (Fsp3) is 0.839. The zero-order valence-electron chi connectivity index (χ0n) is 27.8. The van der Waals surface area contributed by atoms with Gasteiger partial charge >= 0.3 is 5.97 Å². The summed E-state index contributed by atoms with van der Waals surface area (Å²) in [6, 6.07) is -1.15. The molecule has 4 unspecified atom stereocenters. The van der Waals surface area contributed by atoms with Crippen LogP contribution in [-0.4, -0.2) is 111 Å². The molecule has 0 rings (SSSR count). The first-order chi connectivity index (χ1) is 22.2. The quantitative estimate of drug-likeness (QED) is 0.0727. The molecule has 0 radical (unpaired) electrons. The van der Waals surface area contributed by atoms with Crippen molar-refractivity contribution in [1.29, 1.82) is 0 Å². The summed E-state index contributed by atoms with van der Waals surface area (Å²) < 4.78 is 21.9. The molecular formula is C31H59N2O10P3. The molecule has 0 aromatic carbocycles. The van der Waals surface area contributed by atoms with Gasteiger partial charge in [-0.3, -0.25) is 19.2 Å². The second-order valence-corrected chi connectivity index (χ2v) is 13.3. The average Bonchev–Trinajstić information content (AvgIpc) is 3.02. The number of carbonyl (C=O) groups excluding carboxylic acids is 4. The molecule has 0 fully saturated rings. The molecule has 0 saturated heterocycles. The molecule has 0 bridgehead atoms. The number of rotatable bonds is 34. The van der Waals surface area contributed by atoms with Gasteiger partial charge in [-0.2, -0.15) is 0 Å². The first kappa shape index (κ1) is 44.9. The Bertz CT molecular complexity index is 838. The third kappa shape index (κ3) is 29.1. The Morgan fingerprint density at radius 3 is 1.70 bits per heavy atom. The van der Waals surface area contributed by atoms with E-state index in [1.165, 1.54) is 32.1 Å². The highest BCUT2D eigenvalue weighted by Gasteiger charge is 2.23. The third-order valence-electron chi connectivity index (χ3n) is 7.02. The molecule has 0 heterocycles. The first-order valence-electron chi connectivity index (χ1n) is 16.6. The van der Waals surface area contributed by atoms with Crippen molar-refractivity contribution in [3.63, 3.8) is 0 Å². The van der Waals surface area contributed by atoms with E-state index >= 15 is 0 Å². The summed E-state index contributed by atoms with van der Waals surface area (Å²) in [6.07, 6.45) is 11.0. The Kier molecular flexibility index (Phi) is 31.6. The minimum atomic E-state index is -1.17. The predicted molar refractivity (Wildman–Crippen MR) is 187 cm³/mol. The predicted octanol–water partition coefficient (Wildman–Crippen LogP) is 4.33. The van der Waals surface area contributed by atoms with Crippen LogP contribution in [0.5, 0.6) is 0 Å². The van der Waals surface area contributed by atoms with Gasteiger partial charge in [-0.15, -0.1) is 8.93 Å². The number of nitrogens with one attached hydrogen (secondary N) is 1. The van der Waals surface area contributed by atoms with Gasteiger partial charge in [0.1, 0.15) is 6.04 Å². The van der Waals surface area contributed by atoms with E-state index in [0.29, 0.717) is 58.9 Å². The molecule has 2 N–H and O–H groups in total. The summed E-state index contributed by atoms with van der Waals surface area (Å²) in [6.45, 7) is 5.10. The van der Waals surface area contributed by atoms with E-state index < -0.39 is 12.0 Å². The summed E-state index contributed by atoms with van der Waals surface area (Å²) in [5.74, 6) is -1.75. The average molecular weight is 713 g/mol. The molecule has 0 aromatic rings. The molecule has 12 nitrogen and oxygen atoms in total. The molecule has 0 aliphatic heterocycles. The lowest BCUT2D eigenvalue weighted by atomic mass is 10.1. The number of unbranched alkanes of at least 4 members (excludes halogenated alkanes) is 8. The van der Waals surface area contributed by atoms with Gasteiger partial charge in [-0.05, 0) is 21.1 Å². The number of carboxylic acids is 1. The second kappa shape index (κ2) is 32.4. The molecule has 0 aromatic heterocycles. The van der Waals surface area contributed by atoms with Crippen LogP contribution in [0.25, 0.3) is 0 Å². The van der Waals surface area contributed by atoms with Crippen LogP contribution in [-0.2, 0) is 42.9 Å². The van der Waals surface area contributed by atoms with Crippen LogP contribution >= 0.6 is 26.4 Å². The second-order valence-electron chi connectivity index (χ2n) is 10.9. The minimum Gasteiger partial charge on any atom is -0.480 e. The zero-order valence-corrected chi connectivity index (χ0v) is 31.1. The lowest BCUT2D eigenvalue weighted by molar-refractivity contribution is -0.142. The Balaban J connectivity index is 4.59. The molecule has 0 aliphatic carbocycles. The van der Waals surface area contributed by atoms with Crippen LogP contribution in [0.2, 0.25) is 0 Å². The lowest BCUT2D eigenvalue weighted by Gasteiger charge is -2.24. The molecular weight excluding hydrogens is 653 g/mol. The molecule has 0 saturated carbocycles. The fourth-order valence-electron chi connectivity index (χ4n) is 4.31. The van der Waals surface area contributed by atoms with E-state index in [0.717, 1.165) is 19.3 Å². The molecule has 46 heavy (non-hydrogen) atoms. The Morgan fingerprint density at radius 1 is 0.696 bits per heavy atom. The number of hydrogen-bond acceptors (Lipinski definition) is 9. The number of nitrogens with zero attached hydrogens (tertiary/aromatic N) is 1. The van der Waals surface area contributed by atoms with Crippen LogP contribution in [0.3, 0.4) is 0 Å². The van der Waals surface area contributed by atoms with Gasteiger partial charge in [0.25, 0.3) is 0 Å². The number of amides is 2. The van der Waals surface area contributed by atoms with E-state index in [1.807, 2.05) is 0 Å². The molecule has 0 spiro atoms. The van der Waals surface area contributed by atoms with E-state index in [9.17, 15) is 29.1 Å². The van der Waals surface area contributed by atoms with Gasteiger partial charge in [0.05, 0.1) is 52.9 Å². The van der Waals surface area contributed by atoms with Gasteiger partial charge in [0, 0.05) is 38.8 Å². The smallest absolute Gasteiger partial charge is 0.326 e. The molecule has 268 valence electrons. The fourth-order valence-corrected chi connectivity index (χ4v) is 5.11. The van der Waals surface area contributed by atoms with Gasteiger partial charge in [-0.25, -0.2) is 4.79 Å². The van der Waals surface area contributed by atoms with E-state index in [4.69, 9.17) is 18.9 Å². The maximum absolute atomic E-state index is 13.1. The van der Waals surface area contributed by atoms with Crippen LogP contribution in [0.4, 0.5) is 0 Å². The maximum atomic E-state index is 13.1. The highest BCUT2D eigenvalue weighted by Crippen LogP contribution is 2.22. The minimum absolute atomic E-state index is 0.0262. The Morgan fingerprint density at radius 2 is 1.20 bits per heavy atom. The number of carbonyl (C=O) groups is 5. The number of carboxylic acid groups (broad SMARTS) is 1. The summed E-state index contributed by atoms with van der Waals surface area (Å²) in [7, 11) is 4.69. The van der Waals surface area contributed by atoms with E-state index in [2.05, 4.69) is 30.4 Å². The molecule has 2 amide bonds. The standard InChI is InChI=1S/C31H59N2O10P3/c1-2-3-4-5-6-7-8-9-10-11-27(34)32-26(31(38)39)12-13-28(35)33(16-20-42-24-22-40-18-14-29(36)44)17-21-43-25-23-41-19-15-30(37)46-45/h26,46H,2-25,44-45H2,1H3,(H,32,34)(H,38,39). The number of ether oxygens (including phenoxy) is 4. The van der Waals surface area contributed by atoms with Gasteiger partial charge in [0.2, 0.25) is 11.8 Å². The highest BCUT2D eigenvalue weighted by atomic mass is 32.0. The Labute approximate surface area is 282 Å². The third-order valence-corrected chi connectivity index (χ3v) is 8.85. The molecule has 0 aliphatic rings. The van der Waals surface area contributed by atoms with Gasteiger partial charge < -0.3 is 34.3 Å². The van der Waals surface area contributed by atoms with Crippen LogP contribution in [0.1, 0.15) is 96.8 Å². The van der Waals surface area contributed by atoms with Crippen molar-refractivity contribution in [2.24, 2.45) is 0 Å². The van der Waals surface area contributed by atoms with Crippen molar-refractivity contribution in [1.82, 2.24) is 10.2 Å². The maximum Gasteiger partial charge on any atom is 0.326 e. The Hall–Kier alpha value is -1.12. The van der Waals surface area contributed by atoms with Crippen molar-refractivity contribution in [3.8, 4) is 0 Å². The summed E-state index contributed by atoms with van der Waals surface area (Å²) in [4.78, 5) is 61.1. The van der Waals surface area contributed by atoms with E-state index in [1.54, 1.807) is 4.90 Å². The van der Waals surface area contributed by atoms with Crippen molar-refractivity contribution in [3.05, 3.63) is 0 Å². The number of aliphatic carboxylic acids is 1. The highest BCUT2D eigenvalue weighted by molar-refractivity contribution is 8.11. The molecule has 4 atom stereocenters. The van der Waals surface area contributed by atoms with Crippen molar-refractivity contribution in [2.75, 3.05) is 65.9 Å². The molecule has 15 heteroatoms. The largest absolute Gasteiger partial charge is 0.480 e. The van der Waals surface area contributed by atoms with Crippen LogP contribution < -0.4 is 5.32 Å². The topological polar surface area (TPSA) is 158 Å². The SMILES string of the molecule is CCCCCCCCCCCC(=O)NC(CCC(=O)N(CCOCCOCCC(=O)P)CCOCCOCCC(=O)PP)C(=O)O. The van der Waals surface area contributed by atoms with E-state index in [-0.39, 0.29) is 76.7 Å². The van der Waals surface area contributed by atoms with Gasteiger partial charge in [0.15, 0.2) is 11.0 Å². The zero-order chi connectivity index (χ0) is 34.3. The van der Waals surface area contributed by atoms with Gasteiger partial charge in [-0.1, -0.05) is 67.5 Å². The summed E-state index contributed by atoms with van der Waals surface area (Å²) in [5.41, 5.74) is 0.103.